The summed E-state index contributed by atoms with van der Waals surface area (Å²) in [5.74, 6) is -0.165. The lowest BCUT2D eigenvalue weighted by atomic mass is 10.1. The Hall–Kier alpha value is -1.35. The van der Waals surface area contributed by atoms with Crippen LogP contribution in [0.25, 0.3) is 10.9 Å². The highest BCUT2D eigenvalue weighted by Gasteiger charge is 2.07. The minimum absolute atomic E-state index is 0.165. The molecule has 3 heteroatoms. The summed E-state index contributed by atoms with van der Waals surface area (Å²) in [6.45, 7) is 3.28. The monoisotopic (exact) mass is 192 g/mol. The van der Waals surface area contributed by atoms with E-state index >= 15 is 0 Å². The summed E-state index contributed by atoms with van der Waals surface area (Å²) in [4.78, 5) is 0. The summed E-state index contributed by atoms with van der Waals surface area (Å²) < 4.78 is 15.4. The Morgan fingerprint density at radius 1 is 1.36 bits per heavy atom. The van der Waals surface area contributed by atoms with Gasteiger partial charge in [0.1, 0.15) is 5.82 Å². The standard InChI is InChI=1S/C11H13FN2/c1-8-2-3-10(12)9-4-6-14(7-5-13)11(8)9/h2-4,6H,5,7,13H2,1H3. The molecule has 0 unspecified atom stereocenters. The third-order valence-electron chi connectivity index (χ3n) is 2.44. The van der Waals surface area contributed by atoms with Gasteiger partial charge in [0.2, 0.25) is 0 Å². The molecule has 1 heterocycles. The zero-order chi connectivity index (χ0) is 10.1. The summed E-state index contributed by atoms with van der Waals surface area (Å²) in [6, 6.07) is 5.10. The summed E-state index contributed by atoms with van der Waals surface area (Å²) in [7, 11) is 0. The van der Waals surface area contributed by atoms with Crippen molar-refractivity contribution >= 4 is 10.9 Å². The van der Waals surface area contributed by atoms with Crippen molar-refractivity contribution in [2.45, 2.75) is 13.5 Å². The number of rotatable bonds is 2. The summed E-state index contributed by atoms with van der Waals surface area (Å²) in [6.07, 6.45) is 1.88. The van der Waals surface area contributed by atoms with Crippen LogP contribution in [0.5, 0.6) is 0 Å². The molecule has 0 atom stereocenters. The van der Waals surface area contributed by atoms with Crippen molar-refractivity contribution in [3.63, 3.8) is 0 Å². The predicted molar refractivity (Wildman–Crippen MR) is 55.7 cm³/mol. The second-order valence-electron chi connectivity index (χ2n) is 3.42. The molecule has 0 amide bonds. The van der Waals surface area contributed by atoms with E-state index in [-0.39, 0.29) is 5.82 Å². The van der Waals surface area contributed by atoms with E-state index < -0.39 is 0 Å². The summed E-state index contributed by atoms with van der Waals surface area (Å²) in [5.41, 5.74) is 7.52. The van der Waals surface area contributed by atoms with Gasteiger partial charge in [0, 0.05) is 24.7 Å². The number of aryl methyl sites for hydroxylation is 1. The predicted octanol–water partition coefficient (Wildman–Crippen LogP) is 2.05. The zero-order valence-electron chi connectivity index (χ0n) is 8.13. The quantitative estimate of drug-likeness (QED) is 0.775. The molecule has 0 saturated heterocycles. The number of nitrogens with two attached hydrogens (primary N) is 1. The lowest BCUT2D eigenvalue weighted by Crippen LogP contribution is -2.09. The number of nitrogens with zero attached hydrogens (tertiary/aromatic N) is 1. The van der Waals surface area contributed by atoms with Gasteiger partial charge in [-0.25, -0.2) is 4.39 Å². The maximum atomic E-state index is 13.4. The Balaban J connectivity index is 2.70. The molecule has 1 aromatic heterocycles. The highest BCUT2D eigenvalue weighted by Crippen LogP contribution is 2.22. The Kier molecular flexibility index (Phi) is 2.25. The first-order valence-electron chi connectivity index (χ1n) is 4.68. The van der Waals surface area contributed by atoms with Gasteiger partial charge in [-0.1, -0.05) is 6.07 Å². The molecule has 14 heavy (non-hydrogen) atoms. The Morgan fingerprint density at radius 2 is 2.14 bits per heavy atom. The van der Waals surface area contributed by atoms with Gasteiger partial charge >= 0.3 is 0 Å². The van der Waals surface area contributed by atoms with E-state index in [1.54, 1.807) is 12.1 Å². The fraction of sp³-hybridized carbons (Fsp3) is 0.273. The van der Waals surface area contributed by atoms with Gasteiger partial charge < -0.3 is 10.3 Å². The molecule has 0 radical (unpaired) electrons. The van der Waals surface area contributed by atoms with Gasteiger partial charge in [0.05, 0.1) is 5.52 Å². The Labute approximate surface area is 82.1 Å². The first-order chi connectivity index (χ1) is 6.74. The molecule has 0 saturated carbocycles. The van der Waals surface area contributed by atoms with Crippen LogP contribution in [0.15, 0.2) is 24.4 Å². The number of halogens is 1. The number of fused-ring (bicyclic) bond motifs is 1. The molecule has 74 valence electrons. The highest BCUT2D eigenvalue weighted by atomic mass is 19.1. The third-order valence-corrected chi connectivity index (χ3v) is 2.44. The molecule has 0 aliphatic heterocycles. The largest absolute Gasteiger partial charge is 0.346 e. The van der Waals surface area contributed by atoms with E-state index in [9.17, 15) is 4.39 Å². The van der Waals surface area contributed by atoms with E-state index in [0.717, 1.165) is 17.6 Å². The smallest absolute Gasteiger partial charge is 0.132 e. The molecule has 0 bridgehead atoms. The van der Waals surface area contributed by atoms with Crippen LogP contribution in [0.2, 0.25) is 0 Å². The summed E-state index contributed by atoms with van der Waals surface area (Å²) in [5, 5.41) is 0.679. The van der Waals surface area contributed by atoms with E-state index in [2.05, 4.69) is 0 Å². The van der Waals surface area contributed by atoms with Crippen LogP contribution in [-0.2, 0) is 6.54 Å². The van der Waals surface area contributed by atoms with Gasteiger partial charge in [0.25, 0.3) is 0 Å². The normalized spacial score (nSPS) is 11.1. The molecule has 2 N–H and O–H groups in total. The number of benzene rings is 1. The molecular weight excluding hydrogens is 179 g/mol. The van der Waals surface area contributed by atoms with Gasteiger partial charge in [-0.2, -0.15) is 0 Å². The van der Waals surface area contributed by atoms with Crippen LogP contribution in [-0.4, -0.2) is 11.1 Å². The van der Waals surface area contributed by atoms with Crippen LogP contribution in [0.3, 0.4) is 0 Å². The van der Waals surface area contributed by atoms with E-state index in [4.69, 9.17) is 5.73 Å². The maximum absolute atomic E-state index is 13.4. The lowest BCUT2D eigenvalue weighted by molar-refractivity contribution is 0.639. The van der Waals surface area contributed by atoms with Crippen molar-refractivity contribution in [2.75, 3.05) is 6.54 Å². The first-order valence-corrected chi connectivity index (χ1v) is 4.68. The number of aromatic nitrogens is 1. The van der Waals surface area contributed by atoms with Gasteiger partial charge in [-0.3, -0.25) is 0 Å². The average molecular weight is 192 g/mol. The minimum Gasteiger partial charge on any atom is -0.346 e. The zero-order valence-corrected chi connectivity index (χ0v) is 8.13. The van der Waals surface area contributed by atoms with Crippen LogP contribution >= 0.6 is 0 Å². The van der Waals surface area contributed by atoms with E-state index in [1.165, 1.54) is 6.07 Å². The SMILES string of the molecule is Cc1ccc(F)c2ccn(CCN)c12. The van der Waals surface area contributed by atoms with Crippen molar-refractivity contribution in [3.8, 4) is 0 Å². The molecule has 0 aliphatic rings. The molecule has 2 rings (SSSR count). The second-order valence-corrected chi connectivity index (χ2v) is 3.42. The van der Waals surface area contributed by atoms with Crippen LogP contribution in [0.1, 0.15) is 5.56 Å². The Bertz CT molecular complexity index is 460. The molecular formula is C11H13FN2. The van der Waals surface area contributed by atoms with E-state index in [0.29, 0.717) is 11.9 Å². The average Bonchev–Trinajstić information content (AvgIpc) is 2.58. The minimum atomic E-state index is -0.165. The van der Waals surface area contributed by atoms with Crippen molar-refractivity contribution < 1.29 is 4.39 Å². The van der Waals surface area contributed by atoms with Crippen LogP contribution < -0.4 is 5.73 Å². The highest BCUT2D eigenvalue weighted by molar-refractivity contribution is 5.83. The summed E-state index contributed by atoms with van der Waals surface area (Å²) >= 11 is 0. The molecule has 0 aliphatic carbocycles. The van der Waals surface area contributed by atoms with Gasteiger partial charge in [-0.05, 0) is 24.6 Å². The second kappa shape index (κ2) is 3.42. The van der Waals surface area contributed by atoms with Gasteiger partial charge in [-0.15, -0.1) is 0 Å². The first kappa shape index (κ1) is 9.21. The van der Waals surface area contributed by atoms with Crippen molar-refractivity contribution in [3.05, 3.63) is 35.8 Å². The molecule has 2 aromatic rings. The molecule has 0 spiro atoms. The number of hydrogen-bond donors (Lipinski definition) is 1. The van der Waals surface area contributed by atoms with Crippen LogP contribution in [0.4, 0.5) is 4.39 Å². The fourth-order valence-corrected chi connectivity index (χ4v) is 1.80. The number of hydrogen-bond acceptors (Lipinski definition) is 1. The third kappa shape index (κ3) is 1.30. The maximum Gasteiger partial charge on any atom is 0.132 e. The van der Waals surface area contributed by atoms with Crippen molar-refractivity contribution in [2.24, 2.45) is 5.73 Å². The van der Waals surface area contributed by atoms with Gasteiger partial charge in [0.15, 0.2) is 0 Å². The van der Waals surface area contributed by atoms with Crippen LogP contribution in [0, 0.1) is 12.7 Å². The van der Waals surface area contributed by atoms with E-state index in [1.807, 2.05) is 17.7 Å². The van der Waals surface area contributed by atoms with Crippen molar-refractivity contribution in [1.29, 1.82) is 0 Å². The molecule has 0 fully saturated rings. The molecule has 2 nitrogen and oxygen atoms in total. The Morgan fingerprint density at radius 3 is 2.86 bits per heavy atom. The lowest BCUT2D eigenvalue weighted by Gasteiger charge is -2.05. The topological polar surface area (TPSA) is 30.9 Å². The fourth-order valence-electron chi connectivity index (χ4n) is 1.80. The van der Waals surface area contributed by atoms with Crippen molar-refractivity contribution in [1.82, 2.24) is 4.57 Å². The molecule has 1 aromatic carbocycles.